The Morgan fingerprint density at radius 3 is 2.58 bits per heavy atom. The minimum atomic E-state index is -0.525. The summed E-state index contributed by atoms with van der Waals surface area (Å²) in [5, 5.41) is 6.55. The van der Waals surface area contributed by atoms with Gasteiger partial charge in [-0.15, -0.1) is 24.0 Å². The van der Waals surface area contributed by atoms with Crippen LogP contribution in [-0.2, 0) is 4.74 Å². The van der Waals surface area contributed by atoms with E-state index in [0.29, 0.717) is 25.6 Å². The fourth-order valence-corrected chi connectivity index (χ4v) is 2.72. The van der Waals surface area contributed by atoms with Gasteiger partial charge in [0.25, 0.3) is 0 Å². The molecule has 1 aliphatic rings. The van der Waals surface area contributed by atoms with Crippen molar-refractivity contribution in [3.8, 4) is 0 Å². The second-order valence-electron chi connectivity index (χ2n) is 6.81. The summed E-state index contributed by atoms with van der Waals surface area (Å²) in [5.74, 6) is -0.361. The van der Waals surface area contributed by atoms with Crippen molar-refractivity contribution in [1.82, 2.24) is 10.6 Å². The molecule has 1 aromatic carbocycles. The molecular formula is C18H29F2IN4O. The lowest BCUT2D eigenvalue weighted by molar-refractivity contribution is 0.0310. The van der Waals surface area contributed by atoms with Crippen LogP contribution in [0.2, 0.25) is 0 Å². The van der Waals surface area contributed by atoms with Crippen LogP contribution < -0.4 is 15.5 Å². The molecule has 0 radical (unpaired) electrons. The van der Waals surface area contributed by atoms with Crippen molar-refractivity contribution in [3.63, 3.8) is 0 Å². The molecule has 1 unspecified atom stereocenters. The molecule has 0 aromatic heterocycles. The molecule has 2 rings (SSSR count). The Labute approximate surface area is 171 Å². The lowest BCUT2D eigenvalue weighted by Crippen LogP contribution is -2.45. The van der Waals surface area contributed by atoms with Crippen molar-refractivity contribution >= 4 is 35.6 Å². The largest absolute Gasteiger partial charge is 0.377 e. The zero-order valence-corrected chi connectivity index (χ0v) is 18.1. The van der Waals surface area contributed by atoms with Crippen LogP contribution in [0.4, 0.5) is 14.5 Å². The van der Waals surface area contributed by atoms with Crippen molar-refractivity contribution < 1.29 is 13.5 Å². The van der Waals surface area contributed by atoms with Crippen molar-refractivity contribution in [1.29, 1.82) is 0 Å². The third kappa shape index (κ3) is 6.22. The predicted molar refractivity (Wildman–Crippen MR) is 113 cm³/mol. The van der Waals surface area contributed by atoms with Crippen LogP contribution in [0.25, 0.3) is 0 Å². The van der Waals surface area contributed by atoms with Crippen molar-refractivity contribution in [3.05, 3.63) is 29.8 Å². The highest BCUT2D eigenvalue weighted by Gasteiger charge is 2.27. The van der Waals surface area contributed by atoms with E-state index in [1.807, 2.05) is 20.8 Å². The Morgan fingerprint density at radius 2 is 2.00 bits per heavy atom. The smallest absolute Gasteiger partial charge is 0.191 e. The summed E-state index contributed by atoms with van der Waals surface area (Å²) < 4.78 is 33.3. The number of para-hydroxylation sites is 1. The van der Waals surface area contributed by atoms with Gasteiger partial charge in [0.15, 0.2) is 5.96 Å². The maximum atomic E-state index is 14.0. The number of nitrogens with one attached hydrogen (secondary N) is 2. The van der Waals surface area contributed by atoms with Crippen LogP contribution >= 0.6 is 24.0 Å². The number of hydrogen-bond acceptors (Lipinski definition) is 3. The van der Waals surface area contributed by atoms with Gasteiger partial charge in [0, 0.05) is 32.8 Å². The minimum Gasteiger partial charge on any atom is -0.377 e. The number of ether oxygens (including phenoxy) is 1. The summed E-state index contributed by atoms with van der Waals surface area (Å²) in [6, 6.07) is 4.03. The standard InChI is InChI=1S/C18H28F2N4O.HI/c1-5-21-17(22-12-18(2,3)25-4)23-13-9-10-24(11-13)16-14(19)7-6-8-15(16)20;/h6-8,13H,5,9-12H2,1-4H3,(H2,21,22,23);1H. The summed E-state index contributed by atoms with van der Waals surface area (Å²) in [6.07, 6.45) is 0.784. The third-order valence-electron chi connectivity index (χ3n) is 4.30. The van der Waals surface area contributed by atoms with Gasteiger partial charge in [-0.05, 0) is 39.3 Å². The fraction of sp³-hybridized carbons (Fsp3) is 0.611. The topological polar surface area (TPSA) is 48.9 Å². The average molecular weight is 482 g/mol. The van der Waals surface area contributed by atoms with Gasteiger partial charge in [-0.3, -0.25) is 4.99 Å². The van der Waals surface area contributed by atoms with Crippen LogP contribution in [0, 0.1) is 11.6 Å². The molecule has 26 heavy (non-hydrogen) atoms. The van der Waals surface area contributed by atoms with Crippen LogP contribution in [0.3, 0.4) is 0 Å². The zero-order valence-electron chi connectivity index (χ0n) is 15.8. The first kappa shape index (κ1) is 22.9. The van der Waals surface area contributed by atoms with Gasteiger partial charge in [0.05, 0.1) is 12.1 Å². The molecule has 0 spiro atoms. The van der Waals surface area contributed by atoms with Gasteiger partial charge >= 0.3 is 0 Å². The highest BCUT2D eigenvalue weighted by Crippen LogP contribution is 2.26. The molecule has 1 heterocycles. The van der Waals surface area contributed by atoms with E-state index in [-0.39, 0.29) is 41.3 Å². The number of guanidine groups is 1. The molecule has 1 saturated heterocycles. The Kier molecular flexibility index (Phi) is 9.02. The fourth-order valence-electron chi connectivity index (χ4n) is 2.72. The Bertz CT molecular complexity index is 593. The lowest BCUT2D eigenvalue weighted by atomic mass is 10.1. The number of aliphatic imine (C=N–C) groups is 1. The second-order valence-corrected chi connectivity index (χ2v) is 6.81. The quantitative estimate of drug-likeness (QED) is 0.372. The first-order valence-corrected chi connectivity index (χ1v) is 8.65. The number of benzene rings is 1. The summed E-state index contributed by atoms with van der Waals surface area (Å²) in [4.78, 5) is 6.30. The molecule has 1 aromatic rings. The van der Waals surface area contributed by atoms with E-state index in [4.69, 9.17) is 4.74 Å². The lowest BCUT2D eigenvalue weighted by Gasteiger charge is -2.23. The Balaban J connectivity index is 0.00000338. The Morgan fingerprint density at radius 1 is 1.35 bits per heavy atom. The maximum Gasteiger partial charge on any atom is 0.191 e. The van der Waals surface area contributed by atoms with Gasteiger partial charge in [0.1, 0.15) is 17.3 Å². The number of halogens is 3. The van der Waals surface area contributed by atoms with Gasteiger partial charge in [-0.25, -0.2) is 8.78 Å². The van der Waals surface area contributed by atoms with Crippen molar-refractivity contribution in [2.45, 2.75) is 38.8 Å². The number of rotatable bonds is 6. The first-order chi connectivity index (χ1) is 11.9. The third-order valence-corrected chi connectivity index (χ3v) is 4.30. The highest BCUT2D eigenvalue weighted by atomic mass is 127. The van der Waals surface area contributed by atoms with Gasteiger partial charge < -0.3 is 20.3 Å². The molecule has 8 heteroatoms. The molecule has 1 fully saturated rings. The Hall–Kier alpha value is -1.16. The normalized spacial score (nSPS) is 17.8. The van der Waals surface area contributed by atoms with E-state index in [1.165, 1.54) is 18.2 Å². The van der Waals surface area contributed by atoms with E-state index in [9.17, 15) is 8.78 Å². The molecule has 1 aliphatic heterocycles. The van der Waals surface area contributed by atoms with E-state index in [2.05, 4.69) is 15.6 Å². The van der Waals surface area contributed by atoms with E-state index < -0.39 is 11.6 Å². The second kappa shape index (κ2) is 10.2. The van der Waals surface area contributed by atoms with E-state index >= 15 is 0 Å². The molecule has 0 aliphatic carbocycles. The molecule has 0 amide bonds. The predicted octanol–water partition coefficient (Wildman–Crippen LogP) is 3.14. The minimum absolute atomic E-state index is 0. The number of anilines is 1. The highest BCUT2D eigenvalue weighted by molar-refractivity contribution is 14.0. The van der Waals surface area contributed by atoms with Crippen molar-refractivity contribution in [2.24, 2.45) is 4.99 Å². The number of methoxy groups -OCH3 is 1. The summed E-state index contributed by atoms with van der Waals surface area (Å²) in [5.41, 5.74) is -0.297. The molecule has 0 bridgehead atoms. The molecule has 5 nitrogen and oxygen atoms in total. The van der Waals surface area contributed by atoms with Crippen LogP contribution in [0.15, 0.2) is 23.2 Å². The molecule has 0 saturated carbocycles. The summed E-state index contributed by atoms with van der Waals surface area (Å²) >= 11 is 0. The number of hydrogen-bond donors (Lipinski definition) is 2. The first-order valence-electron chi connectivity index (χ1n) is 8.65. The summed E-state index contributed by atoms with van der Waals surface area (Å²) in [7, 11) is 1.66. The van der Waals surface area contributed by atoms with E-state index in [0.717, 1.165) is 13.0 Å². The zero-order chi connectivity index (χ0) is 18.4. The monoisotopic (exact) mass is 482 g/mol. The van der Waals surface area contributed by atoms with Crippen LogP contribution in [0.5, 0.6) is 0 Å². The van der Waals surface area contributed by atoms with Gasteiger partial charge in [-0.2, -0.15) is 0 Å². The SMILES string of the molecule is CCNC(=NCC(C)(C)OC)NC1CCN(c2c(F)cccc2F)C1.I. The average Bonchev–Trinajstić information content (AvgIpc) is 3.01. The van der Waals surface area contributed by atoms with Gasteiger partial charge in [0.2, 0.25) is 0 Å². The van der Waals surface area contributed by atoms with Crippen LogP contribution in [0.1, 0.15) is 27.2 Å². The molecule has 2 N–H and O–H groups in total. The molecular weight excluding hydrogens is 453 g/mol. The molecule has 148 valence electrons. The molecule has 1 atom stereocenters. The summed E-state index contributed by atoms with van der Waals surface area (Å²) in [6.45, 7) is 8.30. The maximum absolute atomic E-state index is 14.0. The van der Waals surface area contributed by atoms with Gasteiger partial charge in [-0.1, -0.05) is 6.07 Å². The number of nitrogens with zero attached hydrogens (tertiary/aromatic N) is 2. The van der Waals surface area contributed by atoms with E-state index in [1.54, 1.807) is 12.0 Å². The van der Waals surface area contributed by atoms with Crippen molar-refractivity contribution in [2.75, 3.05) is 38.2 Å². The van der Waals surface area contributed by atoms with Crippen LogP contribution in [-0.4, -0.2) is 50.9 Å².